The van der Waals surface area contributed by atoms with Gasteiger partial charge in [0, 0.05) is 23.4 Å². The lowest BCUT2D eigenvalue weighted by molar-refractivity contribution is -0.148. The number of likely N-dealkylation sites (tertiary alicyclic amines) is 1. The topological polar surface area (TPSA) is 145 Å². The standard InChI is InChI=1S/C24H30BrN3O7S/c1-3-4-15-12-24(15,23(31)34-2)27-21(29)19-11-17(13-28(19)22(30)20(26)14-5-6-14)35-36(32,33)18-9-7-16(25)8-10-18/h3-4,7-10,14-15,17,19-20H,5-6,11-13,26H2,1-2H3,(H,27,29)/b4-3-/t15-,17+,19+,20+,24-/m1/s1. The molecule has 0 unspecified atom stereocenters. The molecule has 0 bridgehead atoms. The Morgan fingerprint density at radius 3 is 2.50 bits per heavy atom. The van der Waals surface area contributed by atoms with E-state index in [2.05, 4.69) is 21.2 Å². The number of nitrogens with two attached hydrogens (primary N) is 1. The number of carbonyl (C=O) groups excluding carboxylic acids is 3. The van der Waals surface area contributed by atoms with Gasteiger partial charge in [0.2, 0.25) is 11.8 Å². The van der Waals surface area contributed by atoms with E-state index in [1.807, 2.05) is 13.0 Å². The molecule has 3 fully saturated rings. The van der Waals surface area contributed by atoms with E-state index < -0.39 is 51.6 Å². The van der Waals surface area contributed by atoms with E-state index >= 15 is 0 Å². The van der Waals surface area contributed by atoms with Crippen LogP contribution in [0.3, 0.4) is 0 Å². The third kappa shape index (κ3) is 5.36. The monoisotopic (exact) mass is 583 g/mol. The fourth-order valence-electron chi connectivity index (χ4n) is 4.71. The minimum absolute atomic E-state index is 0.0385. The van der Waals surface area contributed by atoms with Gasteiger partial charge in [-0.25, -0.2) is 4.79 Å². The average molecular weight is 584 g/mol. The largest absolute Gasteiger partial charge is 0.467 e. The van der Waals surface area contributed by atoms with Crippen LogP contribution in [0.4, 0.5) is 0 Å². The maximum absolute atomic E-state index is 13.4. The lowest BCUT2D eigenvalue weighted by Gasteiger charge is -2.28. The summed E-state index contributed by atoms with van der Waals surface area (Å²) in [5.41, 5.74) is 4.93. The first-order chi connectivity index (χ1) is 17.0. The van der Waals surface area contributed by atoms with E-state index in [4.69, 9.17) is 14.7 Å². The SMILES string of the molecule is C/C=C\[C@@H]1C[C@]1(NC(=O)[C@@H]1C[C@H](OS(=O)(=O)c2ccc(Br)cc2)CN1C(=O)[C@@H](N)C1CC1)C(=O)OC. The number of esters is 1. The van der Waals surface area contributed by atoms with Crippen molar-refractivity contribution < 1.29 is 31.7 Å². The van der Waals surface area contributed by atoms with Gasteiger partial charge < -0.3 is 20.7 Å². The van der Waals surface area contributed by atoms with Gasteiger partial charge in [-0.2, -0.15) is 8.42 Å². The first-order valence-electron chi connectivity index (χ1n) is 11.8. The van der Waals surface area contributed by atoms with Gasteiger partial charge in [0.15, 0.2) is 0 Å². The quantitative estimate of drug-likeness (QED) is 0.252. The van der Waals surface area contributed by atoms with E-state index in [1.165, 1.54) is 24.1 Å². The van der Waals surface area contributed by atoms with E-state index in [0.717, 1.165) is 12.8 Å². The minimum Gasteiger partial charge on any atom is -0.467 e. The molecule has 1 aliphatic heterocycles. The molecule has 5 atom stereocenters. The fraction of sp³-hybridized carbons (Fsp3) is 0.542. The van der Waals surface area contributed by atoms with Crippen molar-refractivity contribution in [3.05, 3.63) is 40.9 Å². The molecule has 1 aromatic rings. The molecule has 1 aromatic carbocycles. The summed E-state index contributed by atoms with van der Waals surface area (Å²) in [5, 5.41) is 2.78. The van der Waals surface area contributed by atoms with E-state index in [-0.39, 0.29) is 29.7 Å². The number of hydrogen-bond acceptors (Lipinski definition) is 8. The summed E-state index contributed by atoms with van der Waals surface area (Å²) in [6.45, 7) is 1.70. The highest BCUT2D eigenvalue weighted by Crippen LogP contribution is 2.46. The summed E-state index contributed by atoms with van der Waals surface area (Å²) in [6, 6.07) is 4.14. The molecule has 1 saturated heterocycles. The number of nitrogens with one attached hydrogen (secondary N) is 1. The van der Waals surface area contributed by atoms with Crippen molar-refractivity contribution in [2.45, 2.75) is 61.2 Å². The molecule has 3 aliphatic rings. The Kier molecular flexibility index (Phi) is 7.61. The number of carbonyl (C=O) groups is 3. The Bertz CT molecular complexity index is 1170. The van der Waals surface area contributed by atoms with Gasteiger partial charge in [-0.15, -0.1) is 0 Å². The third-order valence-electron chi connectivity index (χ3n) is 6.96. The highest BCUT2D eigenvalue weighted by atomic mass is 79.9. The number of halogens is 1. The van der Waals surface area contributed by atoms with Crippen molar-refractivity contribution >= 4 is 43.8 Å². The molecule has 36 heavy (non-hydrogen) atoms. The van der Waals surface area contributed by atoms with Crippen LogP contribution < -0.4 is 11.1 Å². The van der Waals surface area contributed by atoms with Crippen LogP contribution in [-0.2, 0) is 33.4 Å². The van der Waals surface area contributed by atoms with E-state index in [1.54, 1.807) is 18.2 Å². The van der Waals surface area contributed by atoms with Gasteiger partial charge in [0.05, 0.1) is 24.2 Å². The molecular formula is C24H30BrN3O7S. The molecule has 2 aliphatic carbocycles. The summed E-state index contributed by atoms with van der Waals surface area (Å²) in [6.07, 6.45) is 4.61. The van der Waals surface area contributed by atoms with Crippen LogP contribution in [0, 0.1) is 11.8 Å². The summed E-state index contributed by atoms with van der Waals surface area (Å²) in [5.74, 6) is -1.77. The fourth-order valence-corrected chi connectivity index (χ4v) is 6.05. The molecule has 4 rings (SSSR count). The molecule has 2 saturated carbocycles. The van der Waals surface area contributed by atoms with Crippen molar-refractivity contribution in [1.29, 1.82) is 0 Å². The Labute approximate surface area is 218 Å². The zero-order valence-electron chi connectivity index (χ0n) is 20.1. The zero-order valence-corrected chi connectivity index (χ0v) is 22.5. The molecule has 196 valence electrons. The number of amides is 2. The predicted molar refractivity (Wildman–Crippen MR) is 133 cm³/mol. The molecule has 0 radical (unpaired) electrons. The number of hydrogen-bond donors (Lipinski definition) is 2. The number of benzene rings is 1. The van der Waals surface area contributed by atoms with Gasteiger partial charge in [0.1, 0.15) is 11.6 Å². The van der Waals surface area contributed by atoms with Crippen molar-refractivity contribution in [2.24, 2.45) is 17.6 Å². The van der Waals surface area contributed by atoms with Crippen LogP contribution in [0.5, 0.6) is 0 Å². The van der Waals surface area contributed by atoms with E-state index in [0.29, 0.717) is 10.9 Å². The third-order valence-corrected chi connectivity index (χ3v) is 8.87. The molecule has 2 amide bonds. The van der Waals surface area contributed by atoms with Crippen LogP contribution >= 0.6 is 15.9 Å². The Morgan fingerprint density at radius 1 is 1.25 bits per heavy atom. The number of nitrogens with zero attached hydrogens (tertiary/aromatic N) is 1. The minimum atomic E-state index is -4.14. The maximum atomic E-state index is 13.4. The lowest BCUT2D eigenvalue weighted by Crippen LogP contribution is -2.55. The second-order valence-corrected chi connectivity index (χ2v) is 12.0. The smallest absolute Gasteiger partial charge is 0.332 e. The van der Waals surface area contributed by atoms with Crippen LogP contribution in [0.1, 0.15) is 32.6 Å². The van der Waals surface area contributed by atoms with Crippen LogP contribution in [0.25, 0.3) is 0 Å². The second-order valence-electron chi connectivity index (χ2n) is 9.52. The normalized spacial score (nSPS) is 28.7. The predicted octanol–water partition coefficient (Wildman–Crippen LogP) is 1.49. The first kappa shape index (κ1) is 26.8. The molecule has 0 spiro atoms. The lowest BCUT2D eigenvalue weighted by atomic mass is 10.1. The Hall–Kier alpha value is -2.28. The summed E-state index contributed by atoms with van der Waals surface area (Å²) < 4.78 is 36.8. The number of allylic oxidation sites excluding steroid dienone is 1. The Balaban J connectivity index is 1.54. The molecule has 0 aromatic heterocycles. The number of ether oxygens (including phenoxy) is 1. The van der Waals surface area contributed by atoms with Crippen molar-refractivity contribution in [2.75, 3.05) is 13.7 Å². The van der Waals surface area contributed by atoms with Gasteiger partial charge >= 0.3 is 5.97 Å². The summed E-state index contributed by atoms with van der Waals surface area (Å²) in [4.78, 5) is 40.4. The maximum Gasteiger partial charge on any atom is 0.332 e. The van der Waals surface area contributed by atoms with Crippen molar-refractivity contribution in [3.8, 4) is 0 Å². The van der Waals surface area contributed by atoms with Crippen LogP contribution in [0.2, 0.25) is 0 Å². The first-order valence-corrected chi connectivity index (χ1v) is 14.0. The van der Waals surface area contributed by atoms with Crippen LogP contribution in [-0.4, -0.2) is 68.5 Å². The van der Waals surface area contributed by atoms with Crippen LogP contribution in [0.15, 0.2) is 45.8 Å². The molecule has 12 heteroatoms. The average Bonchev–Trinajstić information content (AvgIpc) is 3.76. The van der Waals surface area contributed by atoms with Gasteiger partial charge in [-0.05, 0) is 56.4 Å². The van der Waals surface area contributed by atoms with Crippen molar-refractivity contribution in [3.63, 3.8) is 0 Å². The number of rotatable bonds is 9. The molecule has 10 nitrogen and oxygen atoms in total. The van der Waals surface area contributed by atoms with E-state index in [9.17, 15) is 22.8 Å². The summed E-state index contributed by atoms with van der Waals surface area (Å²) >= 11 is 3.26. The second kappa shape index (κ2) is 10.2. The summed E-state index contributed by atoms with van der Waals surface area (Å²) in [7, 11) is -2.90. The highest BCUT2D eigenvalue weighted by Gasteiger charge is 2.62. The molecule has 1 heterocycles. The highest BCUT2D eigenvalue weighted by molar-refractivity contribution is 9.10. The molecular weight excluding hydrogens is 554 g/mol. The number of methoxy groups -OCH3 is 1. The van der Waals surface area contributed by atoms with Gasteiger partial charge in [0.25, 0.3) is 10.1 Å². The molecule has 3 N–H and O–H groups in total. The zero-order chi connectivity index (χ0) is 26.3. The van der Waals surface area contributed by atoms with Crippen molar-refractivity contribution in [1.82, 2.24) is 10.2 Å². The van der Waals surface area contributed by atoms with Gasteiger partial charge in [-0.3, -0.25) is 13.8 Å². The van der Waals surface area contributed by atoms with Gasteiger partial charge in [-0.1, -0.05) is 28.1 Å². The Morgan fingerprint density at radius 2 is 1.92 bits per heavy atom.